The highest BCUT2D eigenvalue weighted by Gasteiger charge is 2.50. The summed E-state index contributed by atoms with van der Waals surface area (Å²) >= 11 is 0. The second-order valence-corrected chi connectivity index (χ2v) is 5.03. The molecule has 6 heteroatoms. The van der Waals surface area contributed by atoms with E-state index in [0.717, 1.165) is 6.07 Å². The van der Waals surface area contributed by atoms with Crippen LogP contribution in [0.5, 0.6) is 0 Å². The number of carbonyl (C=O) groups is 1. The van der Waals surface area contributed by atoms with Crippen LogP contribution in [0.2, 0.25) is 0 Å². The molecular formula is C13H16ClF2NO2. The lowest BCUT2D eigenvalue weighted by atomic mass is 9.69. The van der Waals surface area contributed by atoms with Crippen LogP contribution in [-0.4, -0.2) is 16.5 Å². The molecule has 106 valence electrons. The minimum atomic E-state index is -1.66. The molecule has 0 amide bonds. The van der Waals surface area contributed by atoms with E-state index in [4.69, 9.17) is 5.73 Å². The van der Waals surface area contributed by atoms with Crippen LogP contribution < -0.4 is 5.73 Å². The summed E-state index contributed by atoms with van der Waals surface area (Å²) in [4.78, 5) is 12.2. The molecule has 1 fully saturated rings. The van der Waals surface area contributed by atoms with Crippen molar-refractivity contribution < 1.29 is 18.7 Å². The first-order valence-electron chi connectivity index (χ1n) is 5.80. The summed E-state index contributed by atoms with van der Waals surface area (Å²) in [5.74, 6) is -2.83. The normalized spacial score (nSPS) is 30.9. The van der Waals surface area contributed by atoms with E-state index in [1.807, 2.05) is 0 Å². The van der Waals surface area contributed by atoms with E-state index in [9.17, 15) is 18.7 Å². The predicted molar refractivity (Wildman–Crippen MR) is 69.0 cm³/mol. The minimum absolute atomic E-state index is 0. The molecule has 0 bridgehead atoms. The molecule has 0 heterocycles. The Morgan fingerprint density at radius 2 is 1.95 bits per heavy atom. The molecule has 2 rings (SSSR count). The van der Waals surface area contributed by atoms with Gasteiger partial charge in [-0.05, 0) is 32.3 Å². The lowest BCUT2D eigenvalue weighted by Crippen LogP contribution is -2.58. The van der Waals surface area contributed by atoms with Crippen molar-refractivity contribution in [3.8, 4) is 0 Å². The van der Waals surface area contributed by atoms with Gasteiger partial charge in [0.05, 0.1) is 0 Å². The largest absolute Gasteiger partial charge is 0.382 e. The molecular weight excluding hydrogens is 276 g/mol. The zero-order valence-corrected chi connectivity index (χ0v) is 11.3. The lowest BCUT2D eigenvalue weighted by molar-refractivity contribution is -0.146. The quantitative estimate of drug-likeness (QED) is 0.832. The first-order chi connectivity index (χ1) is 8.29. The van der Waals surface area contributed by atoms with Gasteiger partial charge in [-0.3, -0.25) is 4.79 Å². The summed E-state index contributed by atoms with van der Waals surface area (Å²) in [5, 5.41) is 9.95. The Hall–Kier alpha value is -1.04. The molecule has 1 aromatic carbocycles. The number of benzene rings is 1. The van der Waals surface area contributed by atoms with Crippen molar-refractivity contribution in [2.24, 2.45) is 5.73 Å². The molecule has 2 atom stereocenters. The van der Waals surface area contributed by atoms with Crippen LogP contribution in [0.3, 0.4) is 0 Å². The number of hydrogen-bond donors (Lipinski definition) is 2. The third-order valence-corrected chi connectivity index (χ3v) is 3.56. The number of carbonyl (C=O) groups excluding carboxylic acids is 1. The standard InChI is InChI=1S/C13H15F2NO2.ClH/c1-12(18)6-3-7-13(16,11(12)17)8-4-2-5-9(14)10(8)15;/h2,4-5,18H,3,6-7,16H2,1H3;1H. The highest BCUT2D eigenvalue weighted by Crippen LogP contribution is 2.38. The fourth-order valence-electron chi connectivity index (χ4n) is 2.52. The smallest absolute Gasteiger partial charge is 0.188 e. The van der Waals surface area contributed by atoms with Crippen molar-refractivity contribution in [2.75, 3.05) is 0 Å². The third-order valence-electron chi connectivity index (χ3n) is 3.56. The maximum absolute atomic E-state index is 13.8. The SMILES string of the molecule is CC1(O)CCCC(N)(c2cccc(F)c2F)C1=O.Cl. The molecule has 3 nitrogen and oxygen atoms in total. The van der Waals surface area contributed by atoms with Crippen molar-refractivity contribution in [1.82, 2.24) is 0 Å². The molecule has 1 aliphatic rings. The first kappa shape index (κ1) is 16.0. The van der Waals surface area contributed by atoms with Gasteiger partial charge in [0.25, 0.3) is 0 Å². The summed E-state index contributed by atoms with van der Waals surface area (Å²) in [6.45, 7) is 1.35. The zero-order valence-electron chi connectivity index (χ0n) is 10.5. The van der Waals surface area contributed by atoms with Gasteiger partial charge >= 0.3 is 0 Å². The van der Waals surface area contributed by atoms with E-state index < -0.39 is 28.6 Å². The number of halogens is 3. The highest BCUT2D eigenvalue weighted by molar-refractivity contribution is 5.96. The number of aliphatic hydroxyl groups is 1. The summed E-state index contributed by atoms with van der Waals surface area (Å²) < 4.78 is 27.0. The summed E-state index contributed by atoms with van der Waals surface area (Å²) in [6, 6.07) is 3.56. The van der Waals surface area contributed by atoms with E-state index in [-0.39, 0.29) is 30.8 Å². The number of ketones is 1. The van der Waals surface area contributed by atoms with E-state index >= 15 is 0 Å². The van der Waals surface area contributed by atoms with E-state index in [2.05, 4.69) is 0 Å². The van der Waals surface area contributed by atoms with Crippen molar-refractivity contribution in [3.63, 3.8) is 0 Å². The Kier molecular flexibility index (Phi) is 4.34. The van der Waals surface area contributed by atoms with Gasteiger partial charge in [0, 0.05) is 5.56 Å². The molecule has 3 N–H and O–H groups in total. The van der Waals surface area contributed by atoms with Crippen molar-refractivity contribution in [2.45, 2.75) is 37.3 Å². The number of Topliss-reactive ketones (excluding diaryl/α,β-unsaturated/α-hetero) is 1. The third kappa shape index (κ3) is 2.50. The van der Waals surface area contributed by atoms with Gasteiger partial charge in [-0.15, -0.1) is 12.4 Å². The molecule has 1 saturated carbocycles. The average Bonchev–Trinajstić information content (AvgIpc) is 2.29. The minimum Gasteiger partial charge on any atom is -0.382 e. The second kappa shape index (κ2) is 5.15. The Morgan fingerprint density at radius 1 is 1.32 bits per heavy atom. The number of hydrogen-bond acceptors (Lipinski definition) is 3. The van der Waals surface area contributed by atoms with Crippen LogP contribution in [0, 0.1) is 11.6 Å². The lowest BCUT2D eigenvalue weighted by Gasteiger charge is -2.40. The van der Waals surface area contributed by atoms with Crippen LogP contribution in [-0.2, 0) is 10.3 Å². The molecule has 0 spiro atoms. The molecule has 1 aromatic rings. The molecule has 19 heavy (non-hydrogen) atoms. The maximum Gasteiger partial charge on any atom is 0.188 e. The molecule has 0 aromatic heterocycles. The number of nitrogens with two attached hydrogens (primary N) is 1. The fraction of sp³-hybridized carbons (Fsp3) is 0.462. The summed E-state index contributed by atoms with van der Waals surface area (Å²) in [6.07, 6.45) is 0.954. The van der Waals surface area contributed by atoms with Gasteiger partial charge in [-0.1, -0.05) is 12.1 Å². The van der Waals surface area contributed by atoms with Crippen LogP contribution in [0.15, 0.2) is 18.2 Å². The van der Waals surface area contributed by atoms with Crippen molar-refractivity contribution in [1.29, 1.82) is 0 Å². The van der Waals surface area contributed by atoms with Gasteiger partial charge < -0.3 is 10.8 Å². The highest BCUT2D eigenvalue weighted by atomic mass is 35.5. The Morgan fingerprint density at radius 3 is 2.58 bits per heavy atom. The van der Waals surface area contributed by atoms with E-state index in [1.54, 1.807) is 0 Å². The molecule has 1 aliphatic carbocycles. The average molecular weight is 292 g/mol. The van der Waals surface area contributed by atoms with Crippen LogP contribution >= 0.6 is 12.4 Å². The maximum atomic E-state index is 13.8. The molecule has 0 saturated heterocycles. The Labute approximate surface area is 116 Å². The van der Waals surface area contributed by atoms with Gasteiger partial charge in [0.1, 0.15) is 11.1 Å². The molecule has 2 unspecified atom stereocenters. The predicted octanol–water partition coefficient (Wildman–Crippen LogP) is 2.04. The topological polar surface area (TPSA) is 63.3 Å². The summed E-state index contributed by atoms with van der Waals surface area (Å²) in [7, 11) is 0. The Balaban J connectivity index is 0.00000180. The fourth-order valence-corrected chi connectivity index (χ4v) is 2.52. The van der Waals surface area contributed by atoms with Crippen LogP contribution in [0.4, 0.5) is 8.78 Å². The van der Waals surface area contributed by atoms with Gasteiger partial charge in [0.15, 0.2) is 17.4 Å². The Bertz CT molecular complexity index is 507. The van der Waals surface area contributed by atoms with Gasteiger partial charge in [-0.25, -0.2) is 8.78 Å². The number of rotatable bonds is 1. The second-order valence-electron chi connectivity index (χ2n) is 5.03. The van der Waals surface area contributed by atoms with Gasteiger partial charge in [-0.2, -0.15) is 0 Å². The van der Waals surface area contributed by atoms with Crippen molar-refractivity contribution in [3.05, 3.63) is 35.4 Å². The van der Waals surface area contributed by atoms with Crippen molar-refractivity contribution >= 4 is 18.2 Å². The molecule has 0 aliphatic heterocycles. The summed E-state index contributed by atoms with van der Waals surface area (Å²) in [5.41, 5.74) is 2.52. The monoisotopic (exact) mass is 291 g/mol. The van der Waals surface area contributed by atoms with Gasteiger partial charge in [0.2, 0.25) is 0 Å². The van der Waals surface area contributed by atoms with E-state index in [1.165, 1.54) is 19.1 Å². The zero-order chi connectivity index (χ0) is 13.6. The first-order valence-corrected chi connectivity index (χ1v) is 5.80. The van der Waals surface area contributed by atoms with E-state index in [0.29, 0.717) is 6.42 Å². The van der Waals surface area contributed by atoms with Crippen LogP contribution in [0.25, 0.3) is 0 Å². The van der Waals surface area contributed by atoms with Crippen LogP contribution in [0.1, 0.15) is 31.7 Å². The molecule has 0 radical (unpaired) electrons.